The highest BCUT2D eigenvalue weighted by Gasteiger charge is 2.03. The third-order valence-corrected chi connectivity index (χ3v) is 1.55. The first kappa shape index (κ1) is 8.07. The van der Waals surface area contributed by atoms with Crippen molar-refractivity contribution in [3.63, 3.8) is 0 Å². The molecule has 0 aliphatic heterocycles. The van der Waals surface area contributed by atoms with E-state index in [1.54, 1.807) is 6.07 Å². The molecule has 0 spiro atoms. The molecule has 0 amide bonds. The lowest BCUT2D eigenvalue weighted by Crippen LogP contribution is -1.97. The Morgan fingerprint density at radius 1 is 1.55 bits per heavy atom. The maximum absolute atomic E-state index is 12.3. The first-order valence-electron chi connectivity index (χ1n) is 2.94. The second-order valence-corrected chi connectivity index (χ2v) is 2.60. The molecule has 0 fully saturated rings. The number of hydrogen-bond acceptors (Lipinski definition) is 3. The summed E-state index contributed by atoms with van der Waals surface area (Å²) >= 11 is 3.98. The summed E-state index contributed by atoms with van der Waals surface area (Å²) in [5.41, 5.74) is 5.73. The molecule has 0 saturated heterocycles. The average Bonchev–Trinajstić information content (AvgIpc) is 1.94. The van der Waals surface area contributed by atoms with Crippen LogP contribution >= 0.6 is 12.6 Å². The highest BCUT2D eigenvalue weighted by atomic mass is 32.1. The minimum atomic E-state index is -1.03. The number of nitrogen functional groups attached to an aromatic ring is 1. The number of thiol groups is 1. The van der Waals surface area contributed by atoms with Gasteiger partial charge in [0.25, 0.3) is 0 Å². The van der Waals surface area contributed by atoms with E-state index in [2.05, 4.69) is 12.6 Å². The molecule has 0 saturated carbocycles. The summed E-state index contributed by atoms with van der Waals surface area (Å²) in [5.74, 6) is -1.03. The minimum absolute atomic E-state index is 0.0949. The van der Waals surface area contributed by atoms with Crippen molar-refractivity contribution in [2.45, 2.75) is 4.90 Å². The van der Waals surface area contributed by atoms with Crippen molar-refractivity contribution < 1.29 is 4.39 Å². The molecule has 0 unspecified atom stereocenters. The van der Waals surface area contributed by atoms with Gasteiger partial charge in [-0.2, -0.15) is 4.39 Å². The largest absolute Gasteiger partial charge is 0.398 e. The van der Waals surface area contributed by atoms with Gasteiger partial charge in [-0.05, 0) is 18.2 Å². The summed E-state index contributed by atoms with van der Waals surface area (Å²) in [6.45, 7) is 0. The average molecular weight is 170 g/mol. The zero-order valence-corrected chi connectivity index (χ0v) is 6.53. The predicted octanol–water partition coefficient (Wildman–Crippen LogP) is 1.85. The van der Waals surface area contributed by atoms with E-state index < -0.39 is 5.97 Å². The monoisotopic (exact) mass is 170 g/mol. The van der Waals surface area contributed by atoms with E-state index in [9.17, 15) is 4.39 Å². The van der Waals surface area contributed by atoms with Gasteiger partial charge in [-0.15, -0.1) is 12.6 Å². The molecule has 0 bridgehead atoms. The zero-order valence-electron chi connectivity index (χ0n) is 5.63. The Labute approximate surface area is 69.1 Å². The van der Waals surface area contributed by atoms with Crippen LogP contribution in [0.1, 0.15) is 5.56 Å². The Morgan fingerprint density at radius 3 is 2.64 bits per heavy atom. The van der Waals surface area contributed by atoms with E-state index in [0.29, 0.717) is 4.90 Å². The molecule has 1 aromatic carbocycles. The normalized spacial score (nSPS) is 9.64. The summed E-state index contributed by atoms with van der Waals surface area (Å²) < 4.78 is 12.3. The second-order valence-electron chi connectivity index (χ2n) is 2.09. The lowest BCUT2D eigenvalue weighted by atomic mass is 10.2. The van der Waals surface area contributed by atoms with Gasteiger partial charge >= 0.3 is 0 Å². The van der Waals surface area contributed by atoms with Gasteiger partial charge in [0.15, 0.2) is 0 Å². The summed E-state index contributed by atoms with van der Waals surface area (Å²) in [6.07, 6.45) is 0. The maximum Gasteiger partial charge on any atom is 0.214 e. The van der Waals surface area contributed by atoms with Crippen molar-refractivity contribution in [2.24, 2.45) is 0 Å². The molecule has 0 aromatic heterocycles. The third kappa shape index (κ3) is 1.71. The van der Waals surface area contributed by atoms with Crippen LogP contribution in [-0.2, 0) is 0 Å². The summed E-state index contributed by atoms with van der Waals surface area (Å²) in [5, 5.41) is 6.69. The van der Waals surface area contributed by atoms with Crippen LogP contribution in [-0.4, -0.2) is 5.97 Å². The molecule has 0 aliphatic carbocycles. The van der Waals surface area contributed by atoms with Crippen LogP contribution in [0, 0.1) is 5.41 Å². The fraction of sp³-hybridized carbons (Fsp3) is 0. The number of nitrogens with two attached hydrogens (primary N) is 1. The van der Waals surface area contributed by atoms with Gasteiger partial charge in [0.05, 0.1) is 5.56 Å². The lowest BCUT2D eigenvalue weighted by molar-refractivity contribution is 0.798. The number of rotatable bonds is 1. The van der Waals surface area contributed by atoms with Gasteiger partial charge < -0.3 is 5.73 Å². The lowest BCUT2D eigenvalue weighted by Gasteiger charge is -2.00. The molecule has 4 heteroatoms. The maximum atomic E-state index is 12.3. The van der Waals surface area contributed by atoms with E-state index in [-0.39, 0.29) is 11.3 Å². The molecule has 0 aliphatic rings. The van der Waals surface area contributed by atoms with Gasteiger partial charge in [-0.25, -0.2) is 0 Å². The van der Waals surface area contributed by atoms with Crippen molar-refractivity contribution in [3.05, 3.63) is 23.8 Å². The molecule has 3 N–H and O–H groups in total. The Morgan fingerprint density at radius 2 is 2.18 bits per heavy atom. The minimum Gasteiger partial charge on any atom is -0.398 e. The first-order chi connectivity index (χ1) is 5.11. The van der Waals surface area contributed by atoms with E-state index in [1.165, 1.54) is 12.1 Å². The predicted molar refractivity (Wildman–Crippen MR) is 46.0 cm³/mol. The Kier molecular flexibility index (Phi) is 2.14. The van der Waals surface area contributed by atoms with Gasteiger partial charge in [-0.3, -0.25) is 5.41 Å². The highest BCUT2D eigenvalue weighted by Crippen LogP contribution is 2.17. The molecule has 1 aromatic rings. The van der Waals surface area contributed by atoms with Crippen molar-refractivity contribution >= 4 is 24.3 Å². The molecule has 1 rings (SSSR count). The van der Waals surface area contributed by atoms with Gasteiger partial charge in [0.2, 0.25) is 5.97 Å². The van der Waals surface area contributed by atoms with E-state index in [1.807, 2.05) is 0 Å². The second kappa shape index (κ2) is 2.92. The Bertz CT molecular complexity index is 298. The fourth-order valence-electron chi connectivity index (χ4n) is 0.734. The van der Waals surface area contributed by atoms with Crippen molar-refractivity contribution in [2.75, 3.05) is 5.73 Å². The third-order valence-electron chi connectivity index (χ3n) is 1.27. The summed E-state index contributed by atoms with van der Waals surface area (Å²) in [7, 11) is 0. The Hall–Kier alpha value is -1.03. The molecule has 2 nitrogen and oxygen atoms in total. The van der Waals surface area contributed by atoms with Crippen molar-refractivity contribution in [3.8, 4) is 0 Å². The number of anilines is 1. The number of halogens is 1. The first-order valence-corrected chi connectivity index (χ1v) is 3.39. The van der Waals surface area contributed by atoms with Crippen LogP contribution in [0.4, 0.5) is 10.1 Å². The van der Waals surface area contributed by atoms with E-state index >= 15 is 0 Å². The standard InChI is InChI=1S/C7H7FN2S/c8-7(10)5-3-4(11)1-2-6(5)9/h1-3,10-11H,9H2. The number of benzene rings is 1. The van der Waals surface area contributed by atoms with Crippen molar-refractivity contribution in [1.29, 1.82) is 5.41 Å². The van der Waals surface area contributed by atoms with Crippen molar-refractivity contribution in [1.82, 2.24) is 0 Å². The van der Waals surface area contributed by atoms with Gasteiger partial charge in [0.1, 0.15) is 0 Å². The van der Waals surface area contributed by atoms with Crippen LogP contribution in [0.3, 0.4) is 0 Å². The van der Waals surface area contributed by atoms with Crippen LogP contribution < -0.4 is 5.73 Å². The number of hydrogen-bond donors (Lipinski definition) is 3. The molecular weight excluding hydrogens is 163 g/mol. The van der Waals surface area contributed by atoms with Crippen LogP contribution in [0.15, 0.2) is 23.1 Å². The van der Waals surface area contributed by atoms with E-state index in [4.69, 9.17) is 11.1 Å². The Balaban J connectivity index is 3.23. The molecule has 0 heterocycles. The van der Waals surface area contributed by atoms with Crippen LogP contribution in [0.25, 0.3) is 0 Å². The fourth-order valence-corrected chi connectivity index (χ4v) is 0.938. The molecule has 11 heavy (non-hydrogen) atoms. The molecule has 0 radical (unpaired) electrons. The van der Waals surface area contributed by atoms with Crippen LogP contribution in [0.2, 0.25) is 0 Å². The van der Waals surface area contributed by atoms with E-state index in [0.717, 1.165) is 0 Å². The number of nitrogens with one attached hydrogen (secondary N) is 1. The summed E-state index contributed by atoms with van der Waals surface area (Å²) in [4.78, 5) is 0.594. The highest BCUT2D eigenvalue weighted by molar-refractivity contribution is 7.80. The molecule has 0 atom stereocenters. The summed E-state index contributed by atoms with van der Waals surface area (Å²) in [6, 6.07) is 4.58. The zero-order chi connectivity index (χ0) is 8.43. The van der Waals surface area contributed by atoms with Gasteiger partial charge in [0, 0.05) is 10.6 Å². The topological polar surface area (TPSA) is 49.9 Å². The van der Waals surface area contributed by atoms with Gasteiger partial charge in [-0.1, -0.05) is 0 Å². The smallest absolute Gasteiger partial charge is 0.214 e. The molecular formula is C7H7FN2S. The SMILES string of the molecule is N=C(F)c1cc(S)ccc1N. The molecule has 58 valence electrons. The van der Waals surface area contributed by atoms with Crippen LogP contribution in [0.5, 0.6) is 0 Å². The quantitative estimate of drug-likeness (QED) is 0.336.